The van der Waals surface area contributed by atoms with E-state index in [4.69, 9.17) is 5.11 Å². The van der Waals surface area contributed by atoms with E-state index in [1.807, 2.05) is 0 Å². The molecule has 2 aliphatic rings. The average Bonchev–Trinajstić information content (AvgIpc) is 2.89. The van der Waals surface area contributed by atoms with E-state index >= 15 is 0 Å². The van der Waals surface area contributed by atoms with Crippen LogP contribution in [-0.4, -0.2) is 58.3 Å². The number of nitrogens with one attached hydrogen (secondary N) is 1. The third-order valence-electron chi connectivity index (χ3n) is 2.96. The van der Waals surface area contributed by atoms with E-state index in [2.05, 4.69) is 5.32 Å². The van der Waals surface area contributed by atoms with Crippen LogP contribution in [0.3, 0.4) is 0 Å². The number of nitrogens with zero attached hydrogens (tertiary/aromatic N) is 1. The molecule has 0 aromatic heterocycles. The summed E-state index contributed by atoms with van der Waals surface area (Å²) in [7, 11) is 0. The molecule has 90 valence electrons. The molecule has 0 bridgehead atoms. The van der Waals surface area contributed by atoms with Crippen LogP contribution in [0.1, 0.15) is 19.3 Å². The number of hydrogen-bond acceptors (Lipinski definition) is 4. The monoisotopic (exact) mass is 228 g/mol. The summed E-state index contributed by atoms with van der Waals surface area (Å²) in [5.74, 6) is -1.13. The van der Waals surface area contributed by atoms with Gasteiger partial charge in [-0.1, -0.05) is 0 Å². The van der Waals surface area contributed by atoms with Crippen LogP contribution in [-0.2, 0) is 9.59 Å². The van der Waals surface area contributed by atoms with Crippen LogP contribution >= 0.6 is 0 Å². The first-order valence-electron chi connectivity index (χ1n) is 5.50. The van der Waals surface area contributed by atoms with Crippen molar-refractivity contribution in [3.8, 4) is 0 Å². The molecule has 1 amide bonds. The largest absolute Gasteiger partial charge is 0.480 e. The Bertz CT molecular complexity index is 303. The second kappa shape index (κ2) is 4.39. The first kappa shape index (κ1) is 11.3. The molecule has 16 heavy (non-hydrogen) atoms. The van der Waals surface area contributed by atoms with Gasteiger partial charge in [0, 0.05) is 19.0 Å². The second-order valence-corrected chi connectivity index (χ2v) is 4.51. The van der Waals surface area contributed by atoms with Crippen LogP contribution in [0, 0.1) is 0 Å². The third-order valence-corrected chi connectivity index (χ3v) is 2.96. The Morgan fingerprint density at radius 1 is 1.38 bits per heavy atom. The number of aliphatic carboxylic acids is 1. The number of carboxylic acid groups (broad SMARTS) is 1. The normalized spacial score (nSPS) is 30.3. The summed E-state index contributed by atoms with van der Waals surface area (Å²) in [5.41, 5.74) is 0. The molecule has 1 heterocycles. The SMILES string of the molecule is O=C(CN1CC(O)CC1C(=O)O)NC1CC1. The molecule has 0 aromatic carbocycles. The number of carbonyl (C=O) groups excluding carboxylic acids is 1. The van der Waals surface area contributed by atoms with Gasteiger partial charge in [-0.05, 0) is 12.8 Å². The smallest absolute Gasteiger partial charge is 0.321 e. The topological polar surface area (TPSA) is 89.9 Å². The highest BCUT2D eigenvalue weighted by atomic mass is 16.4. The van der Waals surface area contributed by atoms with Crippen molar-refractivity contribution < 1.29 is 19.8 Å². The van der Waals surface area contributed by atoms with Crippen molar-refractivity contribution in [2.45, 2.75) is 37.5 Å². The molecule has 1 aliphatic heterocycles. The summed E-state index contributed by atoms with van der Waals surface area (Å²) < 4.78 is 0. The summed E-state index contributed by atoms with van der Waals surface area (Å²) in [5, 5.41) is 21.1. The van der Waals surface area contributed by atoms with Crippen molar-refractivity contribution in [3.63, 3.8) is 0 Å². The fourth-order valence-electron chi connectivity index (χ4n) is 2.00. The lowest BCUT2D eigenvalue weighted by molar-refractivity contribution is -0.142. The highest BCUT2D eigenvalue weighted by Gasteiger charge is 2.37. The molecule has 2 atom stereocenters. The Balaban J connectivity index is 1.86. The van der Waals surface area contributed by atoms with Crippen molar-refractivity contribution in [3.05, 3.63) is 0 Å². The maximum Gasteiger partial charge on any atom is 0.321 e. The van der Waals surface area contributed by atoms with Crippen LogP contribution in [0.5, 0.6) is 0 Å². The molecular formula is C10H16N2O4. The van der Waals surface area contributed by atoms with Gasteiger partial charge in [-0.3, -0.25) is 14.5 Å². The molecule has 1 aliphatic carbocycles. The minimum atomic E-state index is -0.976. The van der Waals surface area contributed by atoms with Crippen molar-refractivity contribution in [1.82, 2.24) is 10.2 Å². The lowest BCUT2D eigenvalue weighted by atomic mass is 10.2. The van der Waals surface area contributed by atoms with Crippen LogP contribution < -0.4 is 5.32 Å². The number of hydrogen-bond donors (Lipinski definition) is 3. The van der Waals surface area contributed by atoms with E-state index in [1.165, 1.54) is 4.90 Å². The zero-order valence-corrected chi connectivity index (χ0v) is 8.93. The van der Waals surface area contributed by atoms with E-state index < -0.39 is 18.1 Å². The predicted molar refractivity (Wildman–Crippen MR) is 54.8 cm³/mol. The fourth-order valence-corrected chi connectivity index (χ4v) is 2.00. The average molecular weight is 228 g/mol. The van der Waals surface area contributed by atoms with E-state index in [9.17, 15) is 14.7 Å². The van der Waals surface area contributed by atoms with Crippen LogP contribution in [0.4, 0.5) is 0 Å². The quantitative estimate of drug-likeness (QED) is 0.561. The van der Waals surface area contributed by atoms with Gasteiger partial charge in [0.25, 0.3) is 0 Å². The van der Waals surface area contributed by atoms with Gasteiger partial charge in [-0.2, -0.15) is 0 Å². The Kier molecular flexibility index (Phi) is 3.11. The van der Waals surface area contributed by atoms with Gasteiger partial charge >= 0.3 is 5.97 Å². The van der Waals surface area contributed by atoms with Crippen molar-refractivity contribution in [2.24, 2.45) is 0 Å². The Labute approximate surface area is 93.2 Å². The minimum absolute atomic E-state index is 0.0600. The number of carboxylic acids is 1. The number of aliphatic hydroxyl groups excluding tert-OH is 1. The maximum atomic E-state index is 11.5. The number of carbonyl (C=O) groups is 2. The van der Waals surface area contributed by atoms with Crippen LogP contribution in [0.2, 0.25) is 0 Å². The lowest BCUT2D eigenvalue weighted by Crippen LogP contribution is -2.43. The third kappa shape index (κ3) is 2.70. The number of β-amino-alcohol motifs (C(OH)–C–C–N with tert-alkyl or cyclic N) is 1. The zero-order chi connectivity index (χ0) is 11.7. The molecule has 2 fully saturated rings. The second-order valence-electron chi connectivity index (χ2n) is 4.51. The van der Waals surface area contributed by atoms with E-state index in [-0.39, 0.29) is 31.5 Å². The molecule has 2 rings (SSSR count). The molecule has 1 saturated heterocycles. The summed E-state index contributed by atoms with van der Waals surface area (Å²) in [6, 6.07) is -0.455. The molecule has 1 saturated carbocycles. The van der Waals surface area contributed by atoms with Gasteiger partial charge in [-0.15, -0.1) is 0 Å². The van der Waals surface area contributed by atoms with Gasteiger partial charge in [0.2, 0.25) is 5.91 Å². The van der Waals surface area contributed by atoms with Gasteiger partial charge in [0.1, 0.15) is 6.04 Å². The molecule has 6 nitrogen and oxygen atoms in total. The fraction of sp³-hybridized carbons (Fsp3) is 0.800. The highest BCUT2D eigenvalue weighted by molar-refractivity contribution is 5.80. The molecule has 0 spiro atoms. The number of aliphatic hydroxyl groups is 1. The molecule has 3 N–H and O–H groups in total. The minimum Gasteiger partial charge on any atom is -0.480 e. The Hall–Kier alpha value is -1.14. The van der Waals surface area contributed by atoms with Gasteiger partial charge < -0.3 is 15.5 Å². The molecule has 0 radical (unpaired) electrons. The first-order chi connectivity index (χ1) is 7.56. The zero-order valence-electron chi connectivity index (χ0n) is 8.93. The van der Waals surface area contributed by atoms with Crippen LogP contribution in [0.15, 0.2) is 0 Å². The van der Waals surface area contributed by atoms with Crippen LogP contribution in [0.25, 0.3) is 0 Å². The Morgan fingerprint density at radius 2 is 2.06 bits per heavy atom. The summed E-state index contributed by atoms with van der Waals surface area (Å²) in [6.45, 7) is 0.319. The molecular weight excluding hydrogens is 212 g/mol. The first-order valence-corrected chi connectivity index (χ1v) is 5.50. The van der Waals surface area contributed by atoms with Crippen molar-refractivity contribution >= 4 is 11.9 Å². The summed E-state index contributed by atoms with van der Waals surface area (Å²) in [6.07, 6.45) is 1.58. The number of amides is 1. The highest BCUT2D eigenvalue weighted by Crippen LogP contribution is 2.20. The predicted octanol–water partition coefficient (Wildman–Crippen LogP) is -1.22. The van der Waals surface area contributed by atoms with E-state index in [1.54, 1.807) is 0 Å². The van der Waals surface area contributed by atoms with Gasteiger partial charge in [0.05, 0.1) is 12.6 Å². The lowest BCUT2D eigenvalue weighted by Gasteiger charge is -2.19. The molecule has 0 aromatic rings. The number of likely N-dealkylation sites (tertiary alicyclic amines) is 1. The molecule has 2 unspecified atom stereocenters. The van der Waals surface area contributed by atoms with Crippen molar-refractivity contribution in [2.75, 3.05) is 13.1 Å². The van der Waals surface area contributed by atoms with Gasteiger partial charge in [-0.25, -0.2) is 0 Å². The van der Waals surface area contributed by atoms with Crippen molar-refractivity contribution in [1.29, 1.82) is 0 Å². The standard InChI is InChI=1S/C10H16N2O4/c13-7-3-8(10(15)16)12(4-7)5-9(14)11-6-1-2-6/h6-8,13H,1-5H2,(H,11,14)(H,15,16). The van der Waals surface area contributed by atoms with Gasteiger partial charge in [0.15, 0.2) is 0 Å². The molecule has 6 heteroatoms. The Morgan fingerprint density at radius 3 is 2.62 bits per heavy atom. The summed E-state index contributed by atoms with van der Waals surface area (Å²) in [4.78, 5) is 23.9. The number of rotatable bonds is 4. The van der Waals surface area contributed by atoms with E-state index in [0.717, 1.165) is 12.8 Å². The van der Waals surface area contributed by atoms with E-state index in [0.29, 0.717) is 0 Å². The summed E-state index contributed by atoms with van der Waals surface area (Å²) >= 11 is 0. The maximum absolute atomic E-state index is 11.5.